The lowest BCUT2D eigenvalue weighted by Gasteiger charge is -2.15. The lowest BCUT2D eigenvalue weighted by atomic mass is 9.95. The average molecular weight is 347 g/mol. The number of hydrogen-bond acceptors (Lipinski definition) is 4. The molecule has 1 aliphatic rings. The monoisotopic (exact) mass is 347 g/mol. The van der Waals surface area contributed by atoms with Crippen LogP contribution in [-0.2, 0) is 17.8 Å². The highest BCUT2D eigenvalue weighted by molar-refractivity contribution is 5.97. The van der Waals surface area contributed by atoms with Gasteiger partial charge in [-0.25, -0.2) is 4.98 Å². The van der Waals surface area contributed by atoms with Gasteiger partial charge in [0.25, 0.3) is 0 Å². The van der Waals surface area contributed by atoms with Crippen molar-refractivity contribution >= 4 is 11.6 Å². The molecule has 3 aromatic rings. The fraction of sp³-hybridized carbons (Fsp3) is 0.250. The van der Waals surface area contributed by atoms with Crippen LogP contribution in [0.15, 0.2) is 54.6 Å². The van der Waals surface area contributed by atoms with Crippen LogP contribution < -0.4 is 11.1 Å². The fourth-order valence-corrected chi connectivity index (χ4v) is 3.10. The quantitative estimate of drug-likeness (QED) is 0.639. The number of benzene rings is 2. The molecule has 4 rings (SSSR count). The maximum atomic E-state index is 12.7. The van der Waals surface area contributed by atoms with E-state index in [1.54, 1.807) is 0 Å². The van der Waals surface area contributed by atoms with Gasteiger partial charge in [-0.3, -0.25) is 9.89 Å². The van der Waals surface area contributed by atoms with Crippen LogP contribution in [0.2, 0.25) is 0 Å². The number of carbonyl (C=O) groups excluding carboxylic acids is 1. The van der Waals surface area contributed by atoms with Crippen LogP contribution in [0.1, 0.15) is 24.2 Å². The first kappa shape index (κ1) is 16.5. The van der Waals surface area contributed by atoms with Crippen molar-refractivity contribution in [1.82, 2.24) is 15.2 Å². The second-order valence-corrected chi connectivity index (χ2v) is 6.78. The van der Waals surface area contributed by atoms with Gasteiger partial charge in [0, 0.05) is 11.3 Å². The average Bonchev–Trinajstić information content (AvgIpc) is 3.29. The Morgan fingerprint density at radius 1 is 1.12 bits per heavy atom. The molecule has 26 heavy (non-hydrogen) atoms. The van der Waals surface area contributed by atoms with Gasteiger partial charge in [-0.2, -0.15) is 5.10 Å². The number of carbonyl (C=O) groups is 1. The summed E-state index contributed by atoms with van der Waals surface area (Å²) in [5, 5.41) is 9.99. The van der Waals surface area contributed by atoms with Crippen molar-refractivity contribution in [2.75, 3.05) is 5.32 Å². The van der Waals surface area contributed by atoms with E-state index in [4.69, 9.17) is 5.73 Å². The van der Waals surface area contributed by atoms with Crippen LogP contribution in [0.4, 0.5) is 5.69 Å². The van der Waals surface area contributed by atoms with Gasteiger partial charge in [0.1, 0.15) is 5.82 Å². The first-order chi connectivity index (χ1) is 12.7. The van der Waals surface area contributed by atoms with Gasteiger partial charge in [-0.1, -0.05) is 30.3 Å². The molecule has 0 spiro atoms. The summed E-state index contributed by atoms with van der Waals surface area (Å²) >= 11 is 0. The van der Waals surface area contributed by atoms with Crippen molar-refractivity contribution in [2.45, 2.75) is 25.8 Å². The summed E-state index contributed by atoms with van der Waals surface area (Å²) in [6.45, 7) is 0.324. The van der Waals surface area contributed by atoms with Crippen LogP contribution in [0.25, 0.3) is 11.4 Å². The maximum absolute atomic E-state index is 12.7. The molecule has 0 radical (unpaired) electrons. The molecule has 0 atom stereocenters. The number of hydrogen-bond donors (Lipinski definition) is 3. The zero-order valence-electron chi connectivity index (χ0n) is 14.4. The third-order valence-electron chi connectivity index (χ3n) is 4.85. The summed E-state index contributed by atoms with van der Waals surface area (Å²) < 4.78 is 0. The molecule has 1 aromatic heterocycles. The molecule has 1 saturated carbocycles. The highest BCUT2D eigenvalue weighted by Gasteiger charge is 2.49. The molecule has 1 aliphatic carbocycles. The molecule has 132 valence electrons. The Balaban J connectivity index is 1.43. The van der Waals surface area contributed by atoms with E-state index < -0.39 is 0 Å². The van der Waals surface area contributed by atoms with E-state index in [1.165, 1.54) is 5.56 Å². The number of nitrogens with one attached hydrogen (secondary N) is 2. The van der Waals surface area contributed by atoms with E-state index in [-0.39, 0.29) is 11.3 Å². The lowest BCUT2D eigenvalue weighted by molar-refractivity contribution is -0.121. The molecular formula is C20H21N5O. The summed E-state index contributed by atoms with van der Waals surface area (Å²) in [5.41, 5.74) is 8.15. The smallest absolute Gasteiger partial charge is 0.230 e. The first-order valence-electron chi connectivity index (χ1n) is 8.76. The predicted molar refractivity (Wildman–Crippen MR) is 100 cm³/mol. The zero-order valence-corrected chi connectivity index (χ0v) is 14.4. The minimum absolute atomic E-state index is 0.0948. The van der Waals surface area contributed by atoms with Gasteiger partial charge < -0.3 is 11.1 Å². The summed E-state index contributed by atoms with van der Waals surface area (Å²) in [6.07, 6.45) is 2.66. The third-order valence-corrected chi connectivity index (χ3v) is 4.85. The van der Waals surface area contributed by atoms with Gasteiger partial charge >= 0.3 is 0 Å². The highest BCUT2D eigenvalue weighted by Crippen LogP contribution is 2.49. The number of aromatic nitrogens is 3. The Labute approximate surface area is 151 Å². The van der Waals surface area contributed by atoms with Crippen molar-refractivity contribution in [2.24, 2.45) is 11.1 Å². The summed E-state index contributed by atoms with van der Waals surface area (Å²) in [7, 11) is 0. The number of anilines is 1. The SMILES string of the molecule is NCc1nc(-c2ccc(NC(=O)C3(Cc4ccccc4)CC3)cc2)n[nH]1. The summed E-state index contributed by atoms with van der Waals surface area (Å²) in [4.78, 5) is 17.1. The van der Waals surface area contributed by atoms with E-state index in [2.05, 4.69) is 32.6 Å². The highest BCUT2D eigenvalue weighted by atomic mass is 16.2. The number of rotatable bonds is 6. The molecule has 2 aromatic carbocycles. The Bertz CT molecular complexity index is 897. The van der Waals surface area contributed by atoms with Crippen LogP contribution in [0, 0.1) is 5.41 Å². The molecule has 0 aliphatic heterocycles. The maximum Gasteiger partial charge on any atom is 0.230 e. The molecule has 1 fully saturated rings. The summed E-state index contributed by atoms with van der Waals surface area (Å²) in [5.74, 6) is 1.34. The van der Waals surface area contributed by atoms with Crippen molar-refractivity contribution in [3.8, 4) is 11.4 Å². The largest absolute Gasteiger partial charge is 0.326 e. The third kappa shape index (κ3) is 3.36. The van der Waals surface area contributed by atoms with Gasteiger partial charge in [0.05, 0.1) is 12.0 Å². The minimum Gasteiger partial charge on any atom is -0.326 e. The number of aromatic amines is 1. The van der Waals surface area contributed by atoms with E-state index in [9.17, 15) is 4.79 Å². The Morgan fingerprint density at radius 2 is 1.85 bits per heavy atom. The lowest BCUT2D eigenvalue weighted by Crippen LogP contribution is -2.26. The van der Waals surface area contributed by atoms with Crippen molar-refractivity contribution in [3.05, 3.63) is 66.0 Å². The van der Waals surface area contributed by atoms with Gasteiger partial charge in [-0.15, -0.1) is 0 Å². The molecule has 6 heteroatoms. The van der Waals surface area contributed by atoms with Gasteiger partial charge in [0.15, 0.2) is 5.82 Å². The van der Waals surface area contributed by atoms with Crippen molar-refractivity contribution < 1.29 is 4.79 Å². The Morgan fingerprint density at radius 3 is 2.46 bits per heavy atom. The molecule has 1 heterocycles. The summed E-state index contributed by atoms with van der Waals surface area (Å²) in [6, 6.07) is 17.7. The Hall–Kier alpha value is -2.99. The van der Waals surface area contributed by atoms with Crippen molar-refractivity contribution in [3.63, 3.8) is 0 Å². The van der Waals surface area contributed by atoms with Gasteiger partial charge in [-0.05, 0) is 49.1 Å². The standard InChI is InChI=1S/C20H21N5O/c21-13-17-23-18(25-24-17)15-6-8-16(9-7-15)22-19(26)20(10-11-20)12-14-4-2-1-3-5-14/h1-9H,10-13,21H2,(H,22,26)(H,23,24,25). The molecule has 4 N–H and O–H groups in total. The second-order valence-electron chi connectivity index (χ2n) is 6.78. The zero-order chi connectivity index (χ0) is 18.0. The normalized spacial score (nSPS) is 14.8. The second kappa shape index (κ2) is 6.72. The van der Waals surface area contributed by atoms with Crippen LogP contribution in [-0.4, -0.2) is 21.1 Å². The Kier molecular flexibility index (Phi) is 4.26. The van der Waals surface area contributed by atoms with Crippen LogP contribution in [0.5, 0.6) is 0 Å². The minimum atomic E-state index is -0.264. The molecule has 6 nitrogen and oxygen atoms in total. The predicted octanol–water partition coefficient (Wildman–Crippen LogP) is 2.89. The van der Waals surface area contributed by atoms with Crippen molar-refractivity contribution in [1.29, 1.82) is 0 Å². The number of H-pyrrole nitrogens is 1. The fourth-order valence-electron chi connectivity index (χ4n) is 3.10. The van der Waals surface area contributed by atoms with Crippen LogP contribution in [0.3, 0.4) is 0 Å². The molecule has 0 bridgehead atoms. The number of amides is 1. The van der Waals surface area contributed by atoms with Gasteiger partial charge in [0.2, 0.25) is 5.91 Å². The number of nitrogens with zero attached hydrogens (tertiary/aromatic N) is 2. The van der Waals surface area contributed by atoms with E-state index in [0.717, 1.165) is 30.5 Å². The van der Waals surface area contributed by atoms with Crippen LogP contribution >= 0.6 is 0 Å². The molecular weight excluding hydrogens is 326 g/mol. The molecule has 0 saturated heterocycles. The molecule has 0 unspecified atom stereocenters. The number of nitrogens with two attached hydrogens (primary N) is 1. The molecule has 1 amide bonds. The van der Waals surface area contributed by atoms with E-state index in [1.807, 2.05) is 42.5 Å². The first-order valence-corrected chi connectivity index (χ1v) is 8.76. The van der Waals surface area contributed by atoms with E-state index >= 15 is 0 Å². The topological polar surface area (TPSA) is 96.7 Å². The van der Waals surface area contributed by atoms with E-state index in [0.29, 0.717) is 18.2 Å².